The Kier molecular flexibility index (Phi) is 5.28. The molecule has 2 rings (SSSR count). The molecule has 0 aromatic heterocycles. The molecule has 19 heavy (non-hydrogen) atoms. The molecule has 0 heterocycles. The number of nitrogens with one attached hydrogen (secondary N) is 1. The van der Waals surface area contributed by atoms with Crippen molar-refractivity contribution in [2.45, 2.75) is 19.5 Å². The lowest BCUT2D eigenvalue weighted by Gasteiger charge is -2.15. The summed E-state index contributed by atoms with van der Waals surface area (Å²) >= 11 is 15.5. The van der Waals surface area contributed by atoms with Crippen molar-refractivity contribution in [2.24, 2.45) is 0 Å². The van der Waals surface area contributed by atoms with Gasteiger partial charge >= 0.3 is 0 Å². The standard InChI is InChI=1S/C15H14BrCl2N/c1-10(11-2-5-14(17)6-3-11)19-9-12-8-13(16)4-7-15(12)18/h2-8,10,19H,9H2,1H3. The third kappa shape index (κ3) is 4.22. The van der Waals surface area contributed by atoms with Crippen LogP contribution in [0.25, 0.3) is 0 Å². The van der Waals surface area contributed by atoms with Crippen molar-refractivity contribution in [3.05, 3.63) is 68.1 Å². The van der Waals surface area contributed by atoms with Gasteiger partial charge in [-0.05, 0) is 48.4 Å². The zero-order valence-corrected chi connectivity index (χ0v) is 13.6. The molecular formula is C15H14BrCl2N. The summed E-state index contributed by atoms with van der Waals surface area (Å²) in [6.07, 6.45) is 0. The third-order valence-electron chi connectivity index (χ3n) is 2.98. The highest BCUT2D eigenvalue weighted by Gasteiger charge is 2.07. The molecule has 2 aromatic carbocycles. The number of halogens is 3. The van der Waals surface area contributed by atoms with Crippen LogP contribution in [0.5, 0.6) is 0 Å². The molecule has 0 bridgehead atoms. The van der Waals surface area contributed by atoms with E-state index in [1.807, 2.05) is 42.5 Å². The molecule has 0 radical (unpaired) electrons. The quantitative estimate of drug-likeness (QED) is 0.749. The van der Waals surface area contributed by atoms with Gasteiger partial charge < -0.3 is 5.32 Å². The van der Waals surface area contributed by atoms with E-state index in [-0.39, 0.29) is 6.04 Å². The Labute approximate surface area is 132 Å². The van der Waals surface area contributed by atoms with Crippen LogP contribution in [0.4, 0.5) is 0 Å². The highest BCUT2D eigenvalue weighted by atomic mass is 79.9. The summed E-state index contributed by atoms with van der Waals surface area (Å²) in [5.41, 5.74) is 2.28. The fraction of sp³-hybridized carbons (Fsp3) is 0.200. The van der Waals surface area contributed by atoms with Gasteiger partial charge in [-0.2, -0.15) is 0 Å². The maximum Gasteiger partial charge on any atom is 0.0451 e. The third-order valence-corrected chi connectivity index (χ3v) is 4.09. The highest BCUT2D eigenvalue weighted by Crippen LogP contribution is 2.22. The van der Waals surface area contributed by atoms with E-state index in [1.54, 1.807) is 0 Å². The van der Waals surface area contributed by atoms with Crippen molar-refractivity contribution < 1.29 is 0 Å². The summed E-state index contributed by atoms with van der Waals surface area (Å²) in [5, 5.41) is 4.99. The minimum atomic E-state index is 0.243. The monoisotopic (exact) mass is 357 g/mol. The Bertz CT molecular complexity index is 555. The summed E-state index contributed by atoms with van der Waals surface area (Å²) in [6, 6.07) is 14.0. The average Bonchev–Trinajstić information content (AvgIpc) is 2.40. The van der Waals surface area contributed by atoms with Gasteiger partial charge in [0.2, 0.25) is 0 Å². The maximum absolute atomic E-state index is 6.17. The van der Waals surface area contributed by atoms with E-state index >= 15 is 0 Å². The van der Waals surface area contributed by atoms with Gasteiger partial charge in [0.25, 0.3) is 0 Å². The van der Waals surface area contributed by atoms with Gasteiger partial charge in [0, 0.05) is 27.1 Å². The van der Waals surface area contributed by atoms with Crippen LogP contribution in [-0.4, -0.2) is 0 Å². The van der Waals surface area contributed by atoms with Gasteiger partial charge in [-0.25, -0.2) is 0 Å². The van der Waals surface area contributed by atoms with Crippen LogP contribution in [0.15, 0.2) is 46.9 Å². The zero-order valence-electron chi connectivity index (χ0n) is 10.5. The van der Waals surface area contributed by atoms with Crippen LogP contribution in [-0.2, 0) is 6.54 Å². The van der Waals surface area contributed by atoms with Crippen LogP contribution >= 0.6 is 39.1 Å². The smallest absolute Gasteiger partial charge is 0.0451 e. The van der Waals surface area contributed by atoms with Crippen molar-refractivity contribution in [3.63, 3.8) is 0 Å². The van der Waals surface area contributed by atoms with Gasteiger partial charge in [-0.3, -0.25) is 0 Å². The largest absolute Gasteiger partial charge is 0.306 e. The first-order valence-electron chi connectivity index (χ1n) is 5.99. The van der Waals surface area contributed by atoms with Gasteiger partial charge in [0.15, 0.2) is 0 Å². The van der Waals surface area contributed by atoms with E-state index < -0.39 is 0 Å². The Morgan fingerprint density at radius 1 is 1.11 bits per heavy atom. The molecule has 0 amide bonds. The topological polar surface area (TPSA) is 12.0 Å². The summed E-state index contributed by atoms with van der Waals surface area (Å²) in [4.78, 5) is 0. The Hall–Kier alpha value is -0.540. The molecule has 4 heteroatoms. The molecule has 0 aliphatic rings. The molecule has 0 spiro atoms. The molecule has 1 unspecified atom stereocenters. The predicted molar refractivity (Wildman–Crippen MR) is 85.9 cm³/mol. The fourth-order valence-corrected chi connectivity index (χ4v) is 2.53. The van der Waals surface area contributed by atoms with Gasteiger partial charge in [-0.1, -0.05) is 51.3 Å². The number of rotatable bonds is 4. The molecule has 0 fully saturated rings. The molecule has 1 atom stereocenters. The first-order chi connectivity index (χ1) is 9.06. The lowest BCUT2D eigenvalue weighted by Crippen LogP contribution is -2.18. The summed E-state index contributed by atoms with van der Waals surface area (Å²) in [6.45, 7) is 2.84. The zero-order chi connectivity index (χ0) is 13.8. The molecule has 0 aliphatic heterocycles. The van der Waals surface area contributed by atoms with Gasteiger partial charge in [0.05, 0.1) is 0 Å². The number of benzene rings is 2. The summed E-state index contributed by atoms with van der Waals surface area (Å²) < 4.78 is 1.04. The molecule has 0 saturated heterocycles. The van der Waals surface area contributed by atoms with Crippen LogP contribution < -0.4 is 5.32 Å². The van der Waals surface area contributed by atoms with E-state index in [2.05, 4.69) is 28.2 Å². The lowest BCUT2D eigenvalue weighted by molar-refractivity contribution is 0.575. The Balaban J connectivity index is 2.02. The van der Waals surface area contributed by atoms with Crippen LogP contribution in [0, 0.1) is 0 Å². The molecular weight excluding hydrogens is 345 g/mol. The van der Waals surface area contributed by atoms with Crippen molar-refractivity contribution in [1.29, 1.82) is 0 Å². The maximum atomic E-state index is 6.17. The molecule has 0 aliphatic carbocycles. The number of hydrogen-bond acceptors (Lipinski definition) is 1. The van der Waals surface area contributed by atoms with E-state index in [1.165, 1.54) is 5.56 Å². The van der Waals surface area contributed by atoms with Crippen LogP contribution in [0.2, 0.25) is 10.0 Å². The van der Waals surface area contributed by atoms with E-state index in [9.17, 15) is 0 Å². The molecule has 1 N–H and O–H groups in total. The van der Waals surface area contributed by atoms with Gasteiger partial charge in [0.1, 0.15) is 0 Å². The minimum absolute atomic E-state index is 0.243. The van der Waals surface area contributed by atoms with E-state index in [0.29, 0.717) is 0 Å². The molecule has 2 aromatic rings. The van der Waals surface area contributed by atoms with Crippen LogP contribution in [0.1, 0.15) is 24.1 Å². The Morgan fingerprint density at radius 2 is 1.79 bits per heavy atom. The number of hydrogen-bond donors (Lipinski definition) is 1. The van der Waals surface area contributed by atoms with Crippen molar-refractivity contribution in [1.82, 2.24) is 5.32 Å². The van der Waals surface area contributed by atoms with Gasteiger partial charge in [-0.15, -0.1) is 0 Å². The summed E-state index contributed by atoms with van der Waals surface area (Å²) in [5.74, 6) is 0. The molecule has 100 valence electrons. The van der Waals surface area contributed by atoms with Crippen molar-refractivity contribution >= 4 is 39.1 Å². The van der Waals surface area contributed by atoms with Crippen molar-refractivity contribution in [3.8, 4) is 0 Å². The second kappa shape index (κ2) is 6.76. The fourth-order valence-electron chi connectivity index (χ4n) is 1.81. The second-order valence-corrected chi connectivity index (χ2v) is 6.15. The summed E-state index contributed by atoms with van der Waals surface area (Å²) in [7, 11) is 0. The normalized spacial score (nSPS) is 12.4. The van der Waals surface area contributed by atoms with Crippen LogP contribution in [0.3, 0.4) is 0 Å². The predicted octanol–water partition coefficient (Wildman–Crippen LogP) is 5.61. The molecule has 0 saturated carbocycles. The Morgan fingerprint density at radius 3 is 2.47 bits per heavy atom. The highest BCUT2D eigenvalue weighted by molar-refractivity contribution is 9.10. The first kappa shape index (κ1) is 14.9. The minimum Gasteiger partial charge on any atom is -0.306 e. The van der Waals surface area contributed by atoms with Crippen molar-refractivity contribution in [2.75, 3.05) is 0 Å². The van der Waals surface area contributed by atoms with E-state index in [0.717, 1.165) is 26.6 Å². The lowest BCUT2D eigenvalue weighted by atomic mass is 10.1. The second-order valence-electron chi connectivity index (χ2n) is 4.39. The SMILES string of the molecule is CC(NCc1cc(Br)ccc1Cl)c1ccc(Cl)cc1. The molecule has 1 nitrogen and oxygen atoms in total. The first-order valence-corrected chi connectivity index (χ1v) is 7.54. The average molecular weight is 359 g/mol. The van der Waals surface area contributed by atoms with E-state index in [4.69, 9.17) is 23.2 Å².